The Bertz CT molecular complexity index is 787. The molecular weight excluding hydrogens is 318 g/mol. The zero-order valence-electron chi connectivity index (χ0n) is 13.6. The molecule has 0 aliphatic heterocycles. The molecule has 2 aromatic heterocycles. The molecule has 3 aromatic rings. The summed E-state index contributed by atoms with van der Waals surface area (Å²) in [6, 6.07) is 14.1. The molecule has 5 heteroatoms. The third kappa shape index (κ3) is 4.26. The highest BCUT2D eigenvalue weighted by Crippen LogP contribution is 2.14. The Labute approximate surface area is 145 Å². The number of pyridine rings is 1. The van der Waals surface area contributed by atoms with Gasteiger partial charge in [0.1, 0.15) is 5.69 Å². The second-order valence-corrected chi connectivity index (χ2v) is 6.63. The van der Waals surface area contributed by atoms with Gasteiger partial charge in [0.25, 0.3) is 5.91 Å². The van der Waals surface area contributed by atoms with Crippen LogP contribution in [0.2, 0.25) is 0 Å². The predicted octanol–water partition coefficient (Wildman–Crippen LogP) is 3.73. The first-order valence-corrected chi connectivity index (χ1v) is 8.74. The first kappa shape index (κ1) is 16.3. The fourth-order valence-corrected chi connectivity index (χ4v) is 3.08. The van der Waals surface area contributed by atoms with Crippen LogP contribution in [0.25, 0.3) is 0 Å². The lowest BCUT2D eigenvalue weighted by Crippen LogP contribution is -2.32. The number of nitrogens with zero attached hydrogens (tertiary/aromatic N) is 3. The van der Waals surface area contributed by atoms with Crippen molar-refractivity contribution in [2.45, 2.75) is 19.9 Å². The first-order chi connectivity index (χ1) is 11.7. The third-order valence-corrected chi connectivity index (χ3v) is 4.53. The number of rotatable bonds is 6. The van der Waals surface area contributed by atoms with Crippen molar-refractivity contribution < 1.29 is 4.79 Å². The van der Waals surface area contributed by atoms with Crippen LogP contribution in [0.5, 0.6) is 0 Å². The van der Waals surface area contributed by atoms with E-state index in [2.05, 4.69) is 22.1 Å². The monoisotopic (exact) mass is 337 g/mol. The Morgan fingerprint density at radius 1 is 1.08 bits per heavy atom. The van der Waals surface area contributed by atoms with Crippen molar-refractivity contribution in [3.8, 4) is 0 Å². The van der Waals surface area contributed by atoms with Gasteiger partial charge in [-0.05, 0) is 36.6 Å². The second kappa shape index (κ2) is 7.84. The number of aryl methyl sites for hydroxylation is 1. The summed E-state index contributed by atoms with van der Waals surface area (Å²) < 4.78 is 0. The smallest absolute Gasteiger partial charge is 0.273 e. The van der Waals surface area contributed by atoms with Crippen molar-refractivity contribution in [3.63, 3.8) is 0 Å². The normalized spacial score (nSPS) is 10.5. The molecule has 0 spiro atoms. The van der Waals surface area contributed by atoms with Crippen molar-refractivity contribution in [3.05, 3.63) is 82.1 Å². The average Bonchev–Trinajstić information content (AvgIpc) is 3.06. The summed E-state index contributed by atoms with van der Waals surface area (Å²) in [4.78, 5) is 23.1. The summed E-state index contributed by atoms with van der Waals surface area (Å²) >= 11 is 1.50. The number of benzene rings is 1. The van der Waals surface area contributed by atoms with E-state index in [9.17, 15) is 4.79 Å². The van der Waals surface area contributed by atoms with E-state index >= 15 is 0 Å². The quantitative estimate of drug-likeness (QED) is 0.688. The highest BCUT2D eigenvalue weighted by Gasteiger charge is 2.18. The summed E-state index contributed by atoms with van der Waals surface area (Å²) in [5.41, 5.74) is 2.82. The molecule has 3 rings (SSSR count). The molecule has 1 aromatic carbocycles. The molecular formula is C19H19N3OS. The van der Waals surface area contributed by atoms with Crippen LogP contribution in [-0.4, -0.2) is 27.3 Å². The fourth-order valence-electron chi connectivity index (χ4n) is 2.49. The molecule has 1 amide bonds. The first-order valence-electron chi connectivity index (χ1n) is 7.86. The number of hydrogen-bond acceptors (Lipinski definition) is 4. The number of carbonyl (C=O) groups excluding carboxylic acids is 1. The van der Waals surface area contributed by atoms with Crippen molar-refractivity contribution >= 4 is 17.2 Å². The van der Waals surface area contributed by atoms with Gasteiger partial charge < -0.3 is 4.90 Å². The number of carbonyl (C=O) groups is 1. The van der Waals surface area contributed by atoms with Gasteiger partial charge in [-0.3, -0.25) is 9.78 Å². The Morgan fingerprint density at radius 3 is 2.50 bits per heavy atom. The van der Waals surface area contributed by atoms with Crippen LogP contribution in [0, 0.1) is 6.92 Å². The molecule has 0 radical (unpaired) electrons. The lowest BCUT2D eigenvalue weighted by Gasteiger charge is -2.22. The van der Waals surface area contributed by atoms with E-state index in [4.69, 9.17) is 0 Å². The molecule has 122 valence electrons. The standard InChI is InChI=1S/C19H19N3OS/c1-15-21-18(14-24-15)19(23)22(13-17-7-10-20-11-8-17)12-9-16-5-3-2-4-6-16/h2-8,10-11,14H,9,12-13H2,1H3. The molecule has 4 nitrogen and oxygen atoms in total. The molecule has 0 unspecified atom stereocenters. The van der Waals surface area contributed by atoms with E-state index in [0.717, 1.165) is 17.0 Å². The molecule has 0 fully saturated rings. The zero-order valence-corrected chi connectivity index (χ0v) is 14.4. The number of amides is 1. The summed E-state index contributed by atoms with van der Waals surface area (Å²) in [6.07, 6.45) is 4.32. The van der Waals surface area contributed by atoms with Crippen LogP contribution in [-0.2, 0) is 13.0 Å². The van der Waals surface area contributed by atoms with Crippen LogP contribution in [0.1, 0.15) is 26.6 Å². The summed E-state index contributed by atoms with van der Waals surface area (Å²) in [7, 11) is 0. The zero-order chi connectivity index (χ0) is 16.8. The van der Waals surface area contributed by atoms with Gasteiger partial charge in [-0.25, -0.2) is 4.98 Å². The summed E-state index contributed by atoms with van der Waals surface area (Å²) in [6.45, 7) is 3.13. The SMILES string of the molecule is Cc1nc(C(=O)N(CCc2ccccc2)Cc2ccncc2)cs1. The molecule has 24 heavy (non-hydrogen) atoms. The summed E-state index contributed by atoms with van der Waals surface area (Å²) in [5, 5.41) is 2.74. The molecule has 0 saturated carbocycles. The molecule has 0 aliphatic rings. The largest absolute Gasteiger partial charge is 0.333 e. The van der Waals surface area contributed by atoms with E-state index < -0.39 is 0 Å². The summed E-state index contributed by atoms with van der Waals surface area (Å²) in [5.74, 6) is -0.0212. The van der Waals surface area contributed by atoms with Gasteiger partial charge in [0.05, 0.1) is 5.01 Å². The van der Waals surface area contributed by atoms with Crippen LogP contribution >= 0.6 is 11.3 Å². The number of thiazole rings is 1. The molecule has 2 heterocycles. The van der Waals surface area contributed by atoms with Crippen LogP contribution in [0.4, 0.5) is 0 Å². The Morgan fingerprint density at radius 2 is 1.83 bits per heavy atom. The third-order valence-electron chi connectivity index (χ3n) is 3.76. The maximum absolute atomic E-state index is 12.8. The van der Waals surface area contributed by atoms with E-state index in [0.29, 0.717) is 18.8 Å². The van der Waals surface area contributed by atoms with E-state index in [1.54, 1.807) is 12.4 Å². The van der Waals surface area contributed by atoms with Gasteiger partial charge in [-0.15, -0.1) is 11.3 Å². The van der Waals surface area contributed by atoms with Gasteiger partial charge in [0.15, 0.2) is 0 Å². The minimum Gasteiger partial charge on any atom is -0.333 e. The Hall–Kier alpha value is -2.53. The second-order valence-electron chi connectivity index (χ2n) is 5.57. The minimum atomic E-state index is -0.0212. The molecule has 0 saturated heterocycles. The Balaban J connectivity index is 1.76. The lowest BCUT2D eigenvalue weighted by molar-refractivity contribution is 0.0740. The van der Waals surface area contributed by atoms with Gasteiger partial charge in [0.2, 0.25) is 0 Å². The average molecular weight is 337 g/mol. The van der Waals surface area contributed by atoms with Crippen LogP contribution in [0.3, 0.4) is 0 Å². The molecule has 0 aliphatic carbocycles. The van der Waals surface area contributed by atoms with Gasteiger partial charge in [-0.1, -0.05) is 30.3 Å². The van der Waals surface area contributed by atoms with Crippen molar-refractivity contribution in [2.24, 2.45) is 0 Å². The minimum absolute atomic E-state index is 0.0212. The maximum atomic E-state index is 12.8. The van der Waals surface area contributed by atoms with Crippen LogP contribution in [0.15, 0.2) is 60.2 Å². The van der Waals surface area contributed by atoms with E-state index in [1.807, 2.05) is 47.5 Å². The highest BCUT2D eigenvalue weighted by molar-refractivity contribution is 7.09. The molecule has 0 N–H and O–H groups in total. The van der Waals surface area contributed by atoms with E-state index in [-0.39, 0.29) is 5.91 Å². The van der Waals surface area contributed by atoms with Crippen molar-refractivity contribution in [1.82, 2.24) is 14.9 Å². The lowest BCUT2D eigenvalue weighted by atomic mass is 10.1. The fraction of sp³-hybridized carbons (Fsp3) is 0.211. The highest BCUT2D eigenvalue weighted by atomic mass is 32.1. The van der Waals surface area contributed by atoms with Gasteiger partial charge >= 0.3 is 0 Å². The van der Waals surface area contributed by atoms with Crippen molar-refractivity contribution in [1.29, 1.82) is 0 Å². The maximum Gasteiger partial charge on any atom is 0.273 e. The topological polar surface area (TPSA) is 46.1 Å². The van der Waals surface area contributed by atoms with Crippen molar-refractivity contribution in [2.75, 3.05) is 6.54 Å². The number of aromatic nitrogens is 2. The van der Waals surface area contributed by atoms with Crippen LogP contribution < -0.4 is 0 Å². The predicted molar refractivity (Wildman–Crippen MR) is 96.0 cm³/mol. The number of hydrogen-bond donors (Lipinski definition) is 0. The van der Waals surface area contributed by atoms with Gasteiger partial charge in [0, 0.05) is 30.9 Å². The van der Waals surface area contributed by atoms with E-state index in [1.165, 1.54) is 16.9 Å². The van der Waals surface area contributed by atoms with Gasteiger partial charge in [-0.2, -0.15) is 0 Å². The molecule has 0 bridgehead atoms. The Kier molecular flexibility index (Phi) is 5.33. The molecule has 0 atom stereocenters.